The molecule has 3 rings (SSSR count). The van der Waals surface area contributed by atoms with Crippen molar-refractivity contribution in [3.05, 3.63) is 18.0 Å². The third kappa shape index (κ3) is 1.77. The monoisotopic (exact) mass is 238 g/mol. The summed E-state index contributed by atoms with van der Waals surface area (Å²) in [5.41, 5.74) is 1.75. The molecule has 1 aromatic heterocycles. The Morgan fingerprint density at radius 1 is 1.50 bits per heavy atom. The smallest absolute Gasteiger partial charge is 0.0521 e. The van der Waals surface area contributed by atoms with E-state index in [-0.39, 0.29) is 0 Å². The van der Waals surface area contributed by atoms with Crippen molar-refractivity contribution >= 4 is 11.6 Å². The molecule has 0 N–H and O–H groups in total. The van der Waals surface area contributed by atoms with Gasteiger partial charge in [-0.1, -0.05) is 0 Å². The molecule has 2 atom stereocenters. The zero-order valence-electron chi connectivity index (χ0n) is 9.82. The first-order chi connectivity index (χ1) is 7.74. The molecule has 2 unspecified atom stereocenters. The van der Waals surface area contributed by atoms with Gasteiger partial charge in [0.15, 0.2) is 0 Å². The van der Waals surface area contributed by atoms with Crippen LogP contribution in [0.25, 0.3) is 0 Å². The number of rotatable bonds is 4. The summed E-state index contributed by atoms with van der Waals surface area (Å²) < 4.78 is 2.01. The number of alkyl halides is 1. The van der Waals surface area contributed by atoms with Gasteiger partial charge >= 0.3 is 0 Å². The van der Waals surface area contributed by atoms with E-state index in [2.05, 4.69) is 18.2 Å². The predicted octanol–water partition coefficient (Wildman–Crippen LogP) is 3.10. The summed E-state index contributed by atoms with van der Waals surface area (Å²) in [7, 11) is 0. The molecular formula is C13H19ClN2. The van der Waals surface area contributed by atoms with Crippen LogP contribution in [0.4, 0.5) is 0 Å². The van der Waals surface area contributed by atoms with E-state index in [4.69, 9.17) is 11.6 Å². The summed E-state index contributed by atoms with van der Waals surface area (Å²) in [6.07, 6.45) is 9.48. The second kappa shape index (κ2) is 3.76. The summed E-state index contributed by atoms with van der Waals surface area (Å²) in [4.78, 5) is 0. The van der Waals surface area contributed by atoms with Gasteiger partial charge in [-0.15, -0.1) is 11.6 Å². The Morgan fingerprint density at radius 3 is 2.81 bits per heavy atom. The van der Waals surface area contributed by atoms with Gasteiger partial charge in [0.1, 0.15) is 0 Å². The molecule has 2 aliphatic carbocycles. The quantitative estimate of drug-likeness (QED) is 0.738. The van der Waals surface area contributed by atoms with Crippen LogP contribution in [0.15, 0.2) is 12.4 Å². The van der Waals surface area contributed by atoms with Crippen molar-refractivity contribution in [3.8, 4) is 0 Å². The Morgan fingerprint density at radius 2 is 2.25 bits per heavy atom. The van der Waals surface area contributed by atoms with Crippen molar-refractivity contribution < 1.29 is 0 Å². The summed E-state index contributed by atoms with van der Waals surface area (Å²) in [6.45, 7) is 3.08. The van der Waals surface area contributed by atoms with Crippen molar-refractivity contribution in [1.29, 1.82) is 0 Å². The average molecular weight is 239 g/mol. The molecule has 16 heavy (non-hydrogen) atoms. The van der Waals surface area contributed by atoms with Gasteiger partial charge in [0.2, 0.25) is 0 Å². The van der Waals surface area contributed by atoms with Crippen molar-refractivity contribution in [2.75, 3.05) is 5.88 Å². The van der Waals surface area contributed by atoms with Gasteiger partial charge in [-0.05, 0) is 55.4 Å². The van der Waals surface area contributed by atoms with E-state index < -0.39 is 0 Å². The number of aromatic nitrogens is 2. The van der Waals surface area contributed by atoms with E-state index in [1.807, 2.05) is 10.9 Å². The fourth-order valence-electron chi connectivity index (χ4n) is 3.41. The van der Waals surface area contributed by atoms with Crippen LogP contribution in [0.1, 0.15) is 31.7 Å². The Balaban J connectivity index is 1.72. The van der Waals surface area contributed by atoms with E-state index in [1.165, 1.54) is 24.8 Å². The van der Waals surface area contributed by atoms with Crippen LogP contribution in [0.3, 0.4) is 0 Å². The molecular weight excluding hydrogens is 220 g/mol. The number of nitrogens with zero attached hydrogens (tertiary/aromatic N) is 2. The first-order valence-corrected chi connectivity index (χ1v) is 6.85. The van der Waals surface area contributed by atoms with Crippen molar-refractivity contribution in [2.24, 2.45) is 17.3 Å². The number of hydrogen-bond acceptors (Lipinski definition) is 1. The van der Waals surface area contributed by atoms with E-state index in [0.717, 1.165) is 30.7 Å². The van der Waals surface area contributed by atoms with Crippen molar-refractivity contribution in [2.45, 2.75) is 39.2 Å². The molecule has 0 bridgehead atoms. The lowest BCUT2D eigenvalue weighted by molar-refractivity contribution is 0.303. The first kappa shape index (κ1) is 10.6. The van der Waals surface area contributed by atoms with Crippen molar-refractivity contribution in [3.63, 3.8) is 0 Å². The third-order valence-electron chi connectivity index (χ3n) is 4.33. The number of aryl methyl sites for hydroxylation is 1. The van der Waals surface area contributed by atoms with Gasteiger partial charge in [-0.3, -0.25) is 4.68 Å². The molecule has 2 saturated carbocycles. The zero-order chi connectivity index (χ0) is 11.2. The maximum absolute atomic E-state index is 6.21. The summed E-state index contributed by atoms with van der Waals surface area (Å²) in [5.74, 6) is 2.82. The SMILES string of the molecule is CCn1cc(CC2(CCl)CC3CC3C2)cn1. The molecule has 0 radical (unpaired) electrons. The Kier molecular flexibility index (Phi) is 2.50. The lowest BCUT2D eigenvalue weighted by atomic mass is 9.80. The van der Waals surface area contributed by atoms with Gasteiger partial charge in [-0.2, -0.15) is 5.10 Å². The van der Waals surface area contributed by atoms with Crippen molar-refractivity contribution in [1.82, 2.24) is 9.78 Å². The van der Waals surface area contributed by atoms with Gasteiger partial charge in [0, 0.05) is 18.6 Å². The second-order valence-electron chi connectivity index (χ2n) is 5.68. The second-order valence-corrected chi connectivity index (χ2v) is 5.95. The zero-order valence-corrected chi connectivity index (χ0v) is 10.6. The van der Waals surface area contributed by atoms with Crippen LogP contribution in [0, 0.1) is 17.3 Å². The molecule has 2 aliphatic rings. The molecule has 3 heteroatoms. The lowest BCUT2D eigenvalue weighted by Crippen LogP contribution is -2.23. The molecule has 0 aromatic carbocycles. The van der Waals surface area contributed by atoms with Gasteiger partial charge in [0.25, 0.3) is 0 Å². The highest BCUT2D eigenvalue weighted by Gasteiger charge is 2.53. The van der Waals surface area contributed by atoms with Crippen LogP contribution in [0.2, 0.25) is 0 Å². The normalized spacial score (nSPS) is 36.4. The van der Waals surface area contributed by atoms with Gasteiger partial charge < -0.3 is 0 Å². The standard InChI is InChI=1S/C13H19ClN2/c1-2-16-8-10(7-15-16)4-13(9-14)5-11-3-12(11)6-13/h7-8,11-12H,2-6,9H2,1H3. The molecule has 1 aromatic rings. The summed E-state index contributed by atoms with van der Waals surface area (Å²) in [6, 6.07) is 0. The van der Waals surface area contributed by atoms with Crippen LogP contribution in [-0.4, -0.2) is 15.7 Å². The largest absolute Gasteiger partial charge is 0.273 e. The molecule has 88 valence electrons. The Labute approximate surface area is 102 Å². The fourth-order valence-corrected chi connectivity index (χ4v) is 3.72. The average Bonchev–Trinajstić information content (AvgIpc) is 2.76. The van der Waals surface area contributed by atoms with Crippen LogP contribution >= 0.6 is 11.6 Å². The fraction of sp³-hybridized carbons (Fsp3) is 0.769. The molecule has 2 fully saturated rings. The highest BCUT2D eigenvalue weighted by molar-refractivity contribution is 6.18. The molecule has 1 heterocycles. The molecule has 0 saturated heterocycles. The maximum atomic E-state index is 6.21. The minimum absolute atomic E-state index is 0.386. The minimum atomic E-state index is 0.386. The number of fused-ring (bicyclic) bond motifs is 1. The number of hydrogen-bond donors (Lipinski definition) is 0. The first-order valence-electron chi connectivity index (χ1n) is 6.32. The van der Waals surface area contributed by atoms with Crippen LogP contribution < -0.4 is 0 Å². The Bertz CT molecular complexity index is 375. The van der Waals surface area contributed by atoms with Gasteiger partial charge in [-0.25, -0.2) is 0 Å². The summed E-state index contributed by atoms with van der Waals surface area (Å²) in [5, 5.41) is 4.35. The summed E-state index contributed by atoms with van der Waals surface area (Å²) >= 11 is 6.21. The number of halogens is 1. The highest BCUT2D eigenvalue weighted by atomic mass is 35.5. The Hall–Kier alpha value is -0.500. The molecule has 0 spiro atoms. The minimum Gasteiger partial charge on any atom is -0.273 e. The van der Waals surface area contributed by atoms with Gasteiger partial charge in [0.05, 0.1) is 6.20 Å². The van der Waals surface area contributed by atoms with Crippen LogP contribution in [0.5, 0.6) is 0 Å². The predicted molar refractivity (Wildman–Crippen MR) is 65.6 cm³/mol. The lowest BCUT2D eigenvalue weighted by Gasteiger charge is -2.27. The highest BCUT2D eigenvalue weighted by Crippen LogP contribution is 2.61. The van der Waals surface area contributed by atoms with E-state index in [0.29, 0.717) is 5.41 Å². The van der Waals surface area contributed by atoms with E-state index >= 15 is 0 Å². The van der Waals surface area contributed by atoms with E-state index in [1.54, 1.807) is 0 Å². The third-order valence-corrected chi connectivity index (χ3v) is 4.90. The molecule has 0 amide bonds. The molecule has 0 aliphatic heterocycles. The topological polar surface area (TPSA) is 17.8 Å². The maximum Gasteiger partial charge on any atom is 0.0521 e. The van der Waals surface area contributed by atoms with E-state index in [9.17, 15) is 0 Å². The van der Waals surface area contributed by atoms with Crippen LogP contribution in [-0.2, 0) is 13.0 Å². The molecule has 2 nitrogen and oxygen atoms in total.